The zero-order valence-corrected chi connectivity index (χ0v) is 11.0. The van der Waals surface area contributed by atoms with Crippen LogP contribution < -0.4 is 0 Å². The molecule has 1 aliphatic rings. The average Bonchev–Trinajstić information content (AvgIpc) is 2.57. The van der Waals surface area contributed by atoms with Gasteiger partial charge in [0.05, 0.1) is 5.60 Å². The molecule has 1 unspecified atom stereocenters. The van der Waals surface area contributed by atoms with E-state index >= 15 is 0 Å². The fourth-order valence-electron chi connectivity index (χ4n) is 2.66. The average molecular weight is 248 g/mol. The largest absolute Gasteiger partial charge is 0.385 e. The summed E-state index contributed by atoms with van der Waals surface area (Å²) < 4.78 is 13.2. The Kier molecular flexibility index (Phi) is 4.18. The van der Waals surface area contributed by atoms with Gasteiger partial charge in [0, 0.05) is 6.42 Å². The van der Waals surface area contributed by atoms with Gasteiger partial charge >= 0.3 is 0 Å². The molecule has 0 amide bonds. The Hall–Kier alpha value is -1.15. The molecule has 0 fully saturated rings. The number of aliphatic hydroxyl groups is 1. The molecule has 0 saturated heterocycles. The molecule has 2 heteroatoms. The van der Waals surface area contributed by atoms with Gasteiger partial charge in [0.25, 0.3) is 0 Å². The molecule has 0 aromatic heterocycles. The smallest absolute Gasteiger partial charge is 0.123 e. The van der Waals surface area contributed by atoms with Crippen molar-refractivity contribution in [2.24, 2.45) is 0 Å². The normalized spacial score (nSPS) is 19.8. The minimum absolute atomic E-state index is 0.238. The monoisotopic (exact) mass is 248 g/mol. The van der Waals surface area contributed by atoms with E-state index in [0.29, 0.717) is 6.42 Å². The molecule has 0 radical (unpaired) electrons. The third-order valence-corrected chi connectivity index (χ3v) is 3.67. The first kappa shape index (κ1) is 13.3. The highest BCUT2D eigenvalue weighted by Gasteiger charge is 2.26. The molecular weight excluding hydrogens is 227 g/mol. The van der Waals surface area contributed by atoms with Crippen molar-refractivity contribution in [3.8, 4) is 0 Å². The van der Waals surface area contributed by atoms with E-state index in [9.17, 15) is 9.50 Å². The van der Waals surface area contributed by atoms with Gasteiger partial charge in [-0.3, -0.25) is 0 Å². The summed E-state index contributed by atoms with van der Waals surface area (Å²) >= 11 is 0. The third kappa shape index (κ3) is 3.42. The minimum Gasteiger partial charge on any atom is -0.385 e. The highest BCUT2D eigenvalue weighted by atomic mass is 19.1. The molecule has 2 rings (SSSR count). The molecule has 0 heterocycles. The Balaban J connectivity index is 2.12. The van der Waals surface area contributed by atoms with Crippen molar-refractivity contribution in [2.45, 2.75) is 51.0 Å². The lowest BCUT2D eigenvalue weighted by Crippen LogP contribution is -2.30. The van der Waals surface area contributed by atoms with Crippen molar-refractivity contribution < 1.29 is 9.50 Å². The zero-order valence-electron chi connectivity index (χ0n) is 11.0. The first-order valence-corrected chi connectivity index (χ1v) is 6.74. The molecule has 1 aliphatic carbocycles. The second-order valence-corrected chi connectivity index (χ2v) is 5.41. The van der Waals surface area contributed by atoms with E-state index in [1.807, 2.05) is 13.0 Å². The van der Waals surface area contributed by atoms with Crippen LogP contribution in [0.5, 0.6) is 0 Å². The van der Waals surface area contributed by atoms with E-state index < -0.39 is 5.60 Å². The van der Waals surface area contributed by atoms with E-state index in [1.165, 1.54) is 25.0 Å². The van der Waals surface area contributed by atoms with Crippen molar-refractivity contribution in [1.29, 1.82) is 0 Å². The maximum Gasteiger partial charge on any atom is 0.123 e. The van der Waals surface area contributed by atoms with Crippen molar-refractivity contribution in [2.75, 3.05) is 0 Å². The topological polar surface area (TPSA) is 20.2 Å². The molecule has 1 N–H and O–H groups in total. The van der Waals surface area contributed by atoms with E-state index in [0.717, 1.165) is 30.4 Å². The second-order valence-electron chi connectivity index (χ2n) is 5.41. The second kappa shape index (κ2) is 5.66. The maximum atomic E-state index is 13.2. The van der Waals surface area contributed by atoms with Crippen LogP contribution in [0.3, 0.4) is 0 Å². The molecule has 1 aromatic carbocycles. The van der Waals surface area contributed by atoms with Crippen LogP contribution in [0.1, 0.15) is 44.6 Å². The molecule has 18 heavy (non-hydrogen) atoms. The summed E-state index contributed by atoms with van der Waals surface area (Å²) in [5, 5.41) is 10.6. The van der Waals surface area contributed by atoms with Gasteiger partial charge in [-0.25, -0.2) is 4.39 Å². The molecule has 0 saturated carbocycles. The van der Waals surface area contributed by atoms with Crippen LogP contribution in [0, 0.1) is 5.82 Å². The number of allylic oxidation sites excluding steroid dienone is 1. The molecule has 1 aromatic rings. The first-order valence-electron chi connectivity index (χ1n) is 6.74. The maximum absolute atomic E-state index is 13.2. The lowest BCUT2D eigenvalue weighted by Gasteiger charge is -2.27. The summed E-state index contributed by atoms with van der Waals surface area (Å²) in [5.74, 6) is -0.238. The predicted octanol–water partition coefficient (Wildman–Crippen LogP) is 4.01. The van der Waals surface area contributed by atoms with E-state index in [1.54, 1.807) is 6.07 Å². The van der Waals surface area contributed by atoms with Crippen LogP contribution in [0.25, 0.3) is 0 Å². The zero-order chi connectivity index (χ0) is 13.0. The van der Waals surface area contributed by atoms with Crippen LogP contribution in [0.15, 0.2) is 35.9 Å². The van der Waals surface area contributed by atoms with Gasteiger partial charge in [-0.05, 0) is 55.9 Å². The van der Waals surface area contributed by atoms with Gasteiger partial charge in [-0.1, -0.05) is 24.6 Å². The van der Waals surface area contributed by atoms with Gasteiger partial charge in [0.15, 0.2) is 0 Å². The molecule has 0 spiro atoms. The lowest BCUT2D eigenvalue weighted by atomic mass is 9.86. The van der Waals surface area contributed by atoms with Gasteiger partial charge < -0.3 is 5.11 Å². The number of hydrogen-bond acceptors (Lipinski definition) is 1. The molecule has 0 aliphatic heterocycles. The molecule has 98 valence electrons. The first-order chi connectivity index (χ1) is 8.58. The van der Waals surface area contributed by atoms with Gasteiger partial charge in [-0.2, -0.15) is 0 Å². The van der Waals surface area contributed by atoms with E-state index in [2.05, 4.69) is 6.08 Å². The fourth-order valence-corrected chi connectivity index (χ4v) is 2.66. The van der Waals surface area contributed by atoms with Crippen LogP contribution in [-0.4, -0.2) is 10.7 Å². The summed E-state index contributed by atoms with van der Waals surface area (Å²) in [7, 11) is 0. The summed E-state index contributed by atoms with van der Waals surface area (Å²) in [4.78, 5) is 0. The summed E-state index contributed by atoms with van der Waals surface area (Å²) in [6.07, 6.45) is 8.25. The summed E-state index contributed by atoms with van der Waals surface area (Å²) in [6.45, 7) is 1.84. The molecular formula is C16H21FO. The van der Waals surface area contributed by atoms with Gasteiger partial charge in [-0.15, -0.1) is 0 Å². The number of benzene rings is 1. The SMILES string of the molecule is CC(O)(Cc1cccc(F)c1)C1=CCCCCC1. The Morgan fingerprint density at radius 2 is 2.11 bits per heavy atom. The van der Waals surface area contributed by atoms with E-state index in [4.69, 9.17) is 0 Å². The highest BCUT2D eigenvalue weighted by Crippen LogP contribution is 2.29. The van der Waals surface area contributed by atoms with E-state index in [-0.39, 0.29) is 5.82 Å². The third-order valence-electron chi connectivity index (χ3n) is 3.67. The number of halogens is 1. The van der Waals surface area contributed by atoms with Crippen molar-refractivity contribution in [3.05, 3.63) is 47.3 Å². The predicted molar refractivity (Wildman–Crippen MR) is 71.9 cm³/mol. The van der Waals surface area contributed by atoms with Crippen molar-refractivity contribution in [1.82, 2.24) is 0 Å². The summed E-state index contributed by atoms with van der Waals surface area (Å²) in [5.41, 5.74) is 1.12. The highest BCUT2D eigenvalue weighted by molar-refractivity contribution is 5.25. The van der Waals surface area contributed by atoms with Crippen molar-refractivity contribution in [3.63, 3.8) is 0 Å². The lowest BCUT2D eigenvalue weighted by molar-refractivity contribution is 0.0948. The number of rotatable bonds is 3. The fraction of sp³-hybridized carbons (Fsp3) is 0.500. The Bertz CT molecular complexity index is 434. The quantitative estimate of drug-likeness (QED) is 0.801. The Morgan fingerprint density at radius 1 is 1.28 bits per heavy atom. The van der Waals surface area contributed by atoms with Gasteiger partial charge in [0.1, 0.15) is 5.82 Å². The van der Waals surface area contributed by atoms with Crippen molar-refractivity contribution >= 4 is 0 Å². The van der Waals surface area contributed by atoms with Crippen LogP contribution in [0.2, 0.25) is 0 Å². The van der Waals surface area contributed by atoms with Crippen LogP contribution in [-0.2, 0) is 6.42 Å². The summed E-state index contributed by atoms with van der Waals surface area (Å²) in [6, 6.07) is 6.51. The minimum atomic E-state index is -0.849. The standard InChI is InChI=1S/C16H21FO/c1-16(18,14-8-4-2-3-5-9-14)12-13-7-6-10-15(17)11-13/h6-8,10-11,18H,2-5,9,12H2,1H3. The molecule has 1 nitrogen and oxygen atoms in total. The number of hydrogen-bond donors (Lipinski definition) is 1. The Morgan fingerprint density at radius 3 is 2.89 bits per heavy atom. The van der Waals surface area contributed by atoms with Gasteiger partial charge in [0.2, 0.25) is 0 Å². The Labute approximate surface area is 108 Å². The molecule has 0 bridgehead atoms. The van der Waals surface area contributed by atoms with Crippen LogP contribution in [0.4, 0.5) is 4.39 Å². The van der Waals surface area contributed by atoms with Crippen LogP contribution >= 0.6 is 0 Å². The molecule has 1 atom stereocenters.